The lowest BCUT2D eigenvalue weighted by molar-refractivity contribution is -0.145. The van der Waals surface area contributed by atoms with Crippen molar-refractivity contribution in [1.29, 1.82) is 0 Å². The van der Waals surface area contributed by atoms with Crippen molar-refractivity contribution in [2.75, 3.05) is 0 Å². The fourth-order valence-electron chi connectivity index (χ4n) is 0.985. The second-order valence-corrected chi connectivity index (χ2v) is 4.40. The van der Waals surface area contributed by atoms with Gasteiger partial charge >= 0.3 is 6.18 Å². The predicted molar refractivity (Wildman–Crippen MR) is 55.2 cm³/mol. The highest BCUT2D eigenvalue weighted by Crippen LogP contribution is 2.31. The van der Waals surface area contributed by atoms with Gasteiger partial charge in [0.05, 0.1) is 0 Å². The summed E-state index contributed by atoms with van der Waals surface area (Å²) in [6.07, 6.45) is -4.66. The van der Waals surface area contributed by atoms with Crippen LogP contribution >= 0.6 is 23.4 Å². The molecule has 5 nitrogen and oxygen atoms in total. The second kappa shape index (κ2) is 4.73. The smallest absolute Gasteiger partial charge is 0.416 e. The van der Waals surface area contributed by atoms with Gasteiger partial charge in [-0.05, 0) is 11.8 Å². The number of nitrogens with zero attached hydrogens (tertiary/aromatic N) is 4. The van der Waals surface area contributed by atoms with Crippen LogP contribution in [0.2, 0.25) is 5.15 Å². The van der Waals surface area contributed by atoms with Crippen molar-refractivity contribution in [1.82, 2.24) is 20.2 Å². The average Bonchev–Trinajstić information content (AvgIpc) is 2.61. The molecule has 0 fully saturated rings. The first kappa shape index (κ1) is 13.1. The van der Waals surface area contributed by atoms with Crippen LogP contribution < -0.4 is 0 Å². The second-order valence-electron chi connectivity index (χ2n) is 3.04. The number of rotatable bonds is 2. The van der Waals surface area contributed by atoms with Crippen LogP contribution in [0.15, 0.2) is 20.7 Å². The summed E-state index contributed by atoms with van der Waals surface area (Å²) >= 11 is 6.27. The van der Waals surface area contributed by atoms with E-state index in [1.165, 1.54) is 6.07 Å². The molecule has 0 aliphatic carbocycles. The van der Waals surface area contributed by atoms with E-state index >= 15 is 0 Å². The summed E-state index contributed by atoms with van der Waals surface area (Å²) in [7, 11) is 0. The Hall–Kier alpha value is -1.35. The van der Waals surface area contributed by atoms with Crippen molar-refractivity contribution in [2.45, 2.75) is 23.3 Å². The number of halogens is 4. The Bertz CT molecular complexity index is 574. The van der Waals surface area contributed by atoms with Crippen LogP contribution in [-0.2, 0) is 6.18 Å². The lowest BCUT2D eigenvalue weighted by Gasteiger charge is -2.06. The standard InChI is InChI=1S/C8H4ClF3N4OS/c1-3-15-16-7(17-3)18-5-2-4(9)13-6(14-5)8(10,11)12/h2H,1H3. The molecule has 2 heterocycles. The number of aryl methyl sites for hydroxylation is 1. The van der Waals surface area contributed by atoms with Crippen molar-refractivity contribution < 1.29 is 17.6 Å². The van der Waals surface area contributed by atoms with E-state index in [1.807, 2.05) is 0 Å². The molecule has 2 aromatic rings. The minimum absolute atomic E-state index is 0.0222. The Morgan fingerprint density at radius 2 is 2.00 bits per heavy atom. The third-order valence-electron chi connectivity index (χ3n) is 1.62. The lowest BCUT2D eigenvalue weighted by atomic mass is 10.5. The van der Waals surface area contributed by atoms with Gasteiger partial charge in [-0.15, -0.1) is 10.2 Å². The first-order valence-corrected chi connectivity index (χ1v) is 5.64. The summed E-state index contributed by atoms with van der Waals surface area (Å²) in [5.74, 6) is -1.01. The maximum Gasteiger partial charge on any atom is 0.451 e. The van der Waals surface area contributed by atoms with Gasteiger partial charge in [-0.25, -0.2) is 9.97 Å². The zero-order valence-electron chi connectivity index (χ0n) is 8.69. The van der Waals surface area contributed by atoms with Gasteiger partial charge in [-0.2, -0.15) is 13.2 Å². The molecule has 2 aromatic heterocycles. The Morgan fingerprint density at radius 3 is 2.56 bits per heavy atom. The van der Waals surface area contributed by atoms with Gasteiger partial charge in [-0.1, -0.05) is 11.6 Å². The monoisotopic (exact) mass is 296 g/mol. The highest BCUT2D eigenvalue weighted by molar-refractivity contribution is 7.99. The van der Waals surface area contributed by atoms with E-state index in [1.54, 1.807) is 6.92 Å². The largest absolute Gasteiger partial charge is 0.451 e. The molecule has 0 aliphatic rings. The highest BCUT2D eigenvalue weighted by Gasteiger charge is 2.35. The molecule has 0 unspecified atom stereocenters. The van der Waals surface area contributed by atoms with Crippen LogP contribution in [0.3, 0.4) is 0 Å². The summed E-state index contributed by atoms with van der Waals surface area (Å²) in [6.45, 7) is 1.56. The molecule has 0 N–H and O–H groups in total. The Morgan fingerprint density at radius 1 is 1.28 bits per heavy atom. The molecule has 96 valence electrons. The fraction of sp³-hybridized carbons (Fsp3) is 0.250. The minimum Gasteiger partial charge on any atom is -0.416 e. The number of hydrogen-bond donors (Lipinski definition) is 0. The summed E-state index contributed by atoms with van der Waals surface area (Å²) in [5, 5.41) is 6.91. The Balaban J connectivity index is 2.31. The molecule has 10 heteroatoms. The molecule has 0 saturated heterocycles. The molecule has 0 aliphatic heterocycles. The number of hydrogen-bond acceptors (Lipinski definition) is 6. The molecule has 0 amide bonds. The summed E-state index contributed by atoms with van der Waals surface area (Å²) in [4.78, 5) is 6.43. The average molecular weight is 297 g/mol. The molecular weight excluding hydrogens is 293 g/mol. The van der Waals surface area contributed by atoms with Crippen molar-refractivity contribution in [3.63, 3.8) is 0 Å². The van der Waals surface area contributed by atoms with E-state index in [-0.39, 0.29) is 15.4 Å². The van der Waals surface area contributed by atoms with Crippen molar-refractivity contribution in [3.8, 4) is 0 Å². The number of aromatic nitrogens is 4. The van der Waals surface area contributed by atoms with E-state index in [9.17, 15) is 13.2 Å². The third-order valence-corrected chi connectivity index (χ3v) is 2.58. The topological polar surface area (TPSA) is 64.7 Å². The number of alkyl halides is 3. The van der Waals surface area contributed by atoms with Crippen molar-refractivity contribution in [3.05, 3.63) is 22.9 Å². The van der Waals surface area contributed by atoms with Crippen LogP contribution in [0.25, 0.3) is 0 Å². The van der Waals surface area contributed by atoms with Crippen LogP contribution in [0.5, 0.6) is 0 Å². The van der Waals surface area contributed by atoms with Crippen molar-refractivity contribution >= 4 is 23.4 Å². The molecular formula is C8H4ClF3N4OS. The van der Waals surface area contributed by atoms with Gasteiger partial charge in [0.2, 0.25) is 11.7 Å². The third kappa shape index (κ3) is 3.10. The molecule has 0 bridgehead atoms. The van der Waals surface area contributed by atoms with E-state index in [0.29, 0.717) is 5.89 Å². The SMILES string of the molecule is Cc1nnc(Sc2cc(Cl)nc(C(F)(F)F)n2)o1. The predicted octanol–water partition coefficient (Wildman–Crippen LogP) is 2.99. The normalized spacial score (nSPS) is 11.8. The summed E-state index contributed by atoms with van der Waals surface area (Å²) < 4.78 is 42.3. The van der Waals surface area contributed by atoms with Crippen LogP contribution in [0.4, 0.5) is 13.2 Å². The van der Waals surface area contributed by atoms with Gasteiger partial charge in [0.15, 0.2) is 0 Å². The Kier molecular flexibility index (Phi) is 3.44. The molecule has 18 heavy (non-hydrogen) atoms. The van der Waals surface area contributed by atoms with E-state index in [4.69, 9.17) is 16.0 Å². The molecule has 0 radical (unpaired) electrons. The van der Waals surface area contributed by atoms with Gasteiger partial charge in [0.1, 0.15) is 10.2 Å². The van der Waals surface area contributed by atoms with Crippen LogP contribution in [0, 0.1) is 6.92 Å². The molecule has 0 spiro atoms. The lowest BCUT2D eigenvalue weighted by Crippen LogP contribution is -2.11. The van der Waals surface area contributed by atoms with Crippen LogP contribution in [-0.4, -0.2) is 20.2 Å². The van der Waals surface area contributed by atoms with Crippen LogP contribution in [0.1, 0.15) is 11.7 Å². The van der Waals surface area contributed by atoms with Gasteiger partial charge in [0.25, 0.3) is 5.22 Å². The minimum atomic E-state index is -4.66. The maximum atomic E-state index is 12.4. The van der Waals surface area contributed by atoms with Crippen molar-refractivity contribution in [2.24, 2.45) is 0 Å². The van der Waals surface area contributed by atoms with E-state index < -0.39 is 12.0 Å². The Labute approximate surface area is 108 Å². The van der Waals surface area contributed by atoms with Gasteiger partial charge < -0.3 is 4.42 Å². The molecule has 0 aromatic carbocycles. The summed E-state index contributed by atoms with van der Waals surface area (Å²) in [6, 6.07) is 1.18. The molecule has 2 rings (SSSR count). The van der Waals surface area contributed by atoms with E-state index in [2.05, 4.69) is 20.2 Å². The summed E-state index contributed by atoms with van der Waals surface area (Å²) in [5.41, 5.74) is 0. The van der Waals surface area contributed by atoms with Gasteiger partial charge in [0, 0.05) is 13.0 Å². The molecule has 0 saturated carbocycles. The maximum absolute atomic E-state index is 12.4. The fourth-order valence-corrected chi connectivity index (χ4v) is 1.96. The highest BCUT2D eigenvalue weighted by atomic mass is 35.5. The van der Waals surface area contributed by atoms with E-state index in [0.717, 1.165) is 11.8 Å². The quantitative estimate of drug-likeness (QED) is 0.794. The van der Waals surface area contributed by atoms with Gasteiger partial charge in [-0.3, -0.25) is 0 Å². The zero-order chi connectivity index (χ0) is 13.3. The zero-order valence-corrected chi connectivity index (χ0v) is 10.3. The molecule has 0 atom stereocenters. The first-order valence-electron chi connectivity index (χ1n) is 4.44. The first-order chi connectivity index (χ1) is 8.34.